The summed E-state index contributed by atoms with van der Waals surface area (Å²) in [4.78, 5) is 28.5. The van der Waals surface area contributed by atoms with E-state index in [1.165, 1.54) is 17.0 Å². The minimum atomic E-state index is -0.737. The largest absolute Gasteiger partial charge is 0.326 e. The molecule has 3 aliphatic rings. The van der Waals surface area contributed by atoms with Gasteiger partial charge in [0.15, 0.2) is 0 Å². The number of nitrogens with zero attached hydrogens (tertiary/aromatic N) is 2. The molecule has 3 aromatic rings. The molecule has 166 valence electrons. The highest BCUT2D eigenvalue weighted by atomic mass is 19.1. The lowest BCUT2D eigenvalue weighted by atomic mass is 9.80. The first kappa shape index (κ1) is 20.1. The van der Waals surface area contributed by atoms with Gasteiger partial charge in [-0.05, 0) is 60.5 Å². The summed E-state index contributed by atoms with van der Waals surface area (Å²) in [6, 6.07) is 15.3. The normalized spacial score (nSPS) is 21.2. The maximum atomic E-state index is 15.2. The minimum absolute atomic E-state index is 0.0969. The highest BCUT2D eigenvalue weighted by Gasteiger charge is 2.58. The van der Waals surface area contributed by atoms with Crippen molar-refractivity contribution in [3.63, 3.8) is 0 Å². The van der Waals surface area contributed by atoms with E-state index in [9.17, 15) is 9.59 Å². The van der Waals surface area contributed by atoms with Crippen LogP contribution in [-0.4, -0.2) is 30.3 Å². The van der Waals surface area contributed by atoms with Crippen LogP contribution in [0.2, 0.25) is 0 Å². The average Bonchev–Trinajstić information content (AvgIpc) is 3.29. The molecule has 3 aliphatic heterocycles. The second-order valence-corrected chi connectivity index (χ2v) is 8.96. The van der Waals surface area contributed by atoms with Gasteiger partial charge >= 0.3 is 0 Å². The molecule has 0 radical (unpaired) electrons. The summed E-state index contributed by atoms with van der Waals surface area (Å²) < 4.78 is 30.4. The molecule has 0 saturated carbocycles. The minimum Gasteiger partial charge on any atom is -0.326 e. The Bertz CT molecular complexity index is 1330. The van der Waals surface area contributed by atoms with Crippen molar-refractivity contribution >= 4 is 23.2 Å². The lowest BCUT2D eigenvalue weighted by molar-refractivity contribution is -0.137. The Hall–Kier alpha value is -3.58. The summed E-state index contributed by atoms with van der Waals surface area (Å²) in [5.41, 5.74) is 3.26. The Kier molecular flexibility index (Phi) is 4.23. The number of nitrogens with one attached hydrogen (secondary N) is 1. The molecule has 1 fully saturated rings. The Morgan fingerprint density at radius 2 is 1.76 bits per heavy atom. The summed E-state index contributed by atoms with van der Waals surface area (Å²) in [6.07, 6.45) is 0.939. The highest BCUT2D eigenvalue weighted by molar-refractivity contribution is 6.08. The molecule has 1 unspecified atom stereocenters. The number of rotatable bonds is 3. The quantitative estimate of drug-likeness (QED) is 0.657. The van der Waals surface area contributed by atoms with E-state index in [-0.39, 0.29) is 30.3 Å². The van der Waals surface area contributed by atoms with Crippen LogP contribution in [-0.2, 0) is 28.1 Å². The maximum Gasteiger partial charge on any atom is 0.252 e. The van der Waals surface area contributed by atoms with E-state index in [1.54, 1.807) is 18.2 Å². The van der Waals surface area contributed by atoms with E-state index in [0.29, 0.717) is 23.2 Å². The molecule has 1 saturated heterocycles. The number of benzene rings is 3. The summed E-state index contributed by atoms with van der Waals surface area (Å²) >= 11 is 0. The van der Waals surface area contributed by atoms with E-state index in [0.717, 1.165) is 23.4 Å². The van der Waals surface area contributed by atoms with Gasteiger partial charge in [0.1, 0.15) is 17.2 Å². The molecule has 6 rings (SSSR count). The van der Waals surface area contributed by atoms with Gasteiger partial charge in [-0.15, -0.1) is 0 Å². The second kappa shape index (κ2) is 6.96. The number of likely N-dealkylation sites (N-methyl/N-ethyl adjacent to an activating group) is 1. The predicted octanol–water partition coefficient (Wildman–Crippen LogP) is 4.20. The van der Waals surface area contributed by atoms with Crippen molar-refractivity contribution in [3.05, 3.63) is 82.9 Å². The number of carbonyl (C=O) groups is 2. The maximum absolute atomic E-state index is 15.2. The van der Waals surface area contributed by atoms with Crippen LogP contribution in [0.15, 0.2) is 54.6 Å². The fourth-order valence-electron chi connectivity index (χ4n) is 5.32. The van der Waals surface area contributed by atoms with E-state index >= 15 is 8.78 Å². The molecular weight excluding hydrogens is 424 g/mol. The van der Waals surface area contributed by atoms with E-state index in [2.05, 4.69) is 5.32 Å². The number of halogens is 2. The molecule has 1 atom stereocenters. The van der Waals surface area contributed by atoms with E-state index in [4.69, 9.17) is 0 Å². The average molecular weight is 445 g/mol. The SMILES string of the molecule is CN1CCC12C(=O)N(Cc1c(F)cc(-c3ccc4c(c3)CC(=O)N4)cc1F)c1ccccc12. The zero-order valence-electron chi connectivity index (χ0n) is 18.0. The van der Waals surface area contributed by atoms with Gasteiger partial charge in [0, 0.05) is 29.0 Å². The lowest BCUT2D eigenvalue weighted by Crippen LogP contribution is -2.60. The molecule has 0 bridgehead atoms. The zero-order valence-corrected chi connectivity index (χ0v) is 18.0. The van der Waals surface area contributed by atoms with Gasteiger partial charge in [-0.2, -0.15) is 0 Å². The molecule has 5 nitrogen and oxygen atoms in total. The van der Waals surface area contributed by atoms with Crippen molar-refractivity contribution in [1.29, 1.82) is 0 Å². The number of anilines is 2. The first-order chi connectivity index (χ1) is 15.9. The molecule has 1 N–H and O–H groups in total. The van der Waals surface area contributed by atoms with Crippen molar-refractivity contribution in [3.8, 4) is 11.1 Å². The second-order valence-electron chi connectivity index (χ2n) is 8.96. The molecule has 33 heavy (non-hydrogen) atoms. The lowest BCUT2D eigenvalue weighted by Gasteiger charge is -2.47. The topological polar surface area (TPSA) is 52.7 Å². The number of hydrogen-bond acceptors (Lipinski definition) is 3. The van der Waals surface area contributed by atoms with Gasteiger partial charge in [-0.25, -0.2) is 8.78 Å². The zero-order chi connectivity index (χ0) is 22.9. The molecule has 7 heteroatoms. The van der Waals surface area contributed by atoms with Crippen molar-refractivity contribution in [2.24, 2.45) is 0 Å². The molecule has 0 aromatic heterocycles. The van der Waals surface area contributed by atoms with Crippen LogP contribution in [0.4, 0.5) is 20.2 Å². The predicted molar refractivity (Wildman–Crippen MR) is 121 cm³/mol. The number of carbonyl (C=O) groups excluding carboxylic acids is 2. The van der Waals surface area contributed by atoms with Crippen LogP contribution >= 0.6 is 0 Å². The van der Waals surface area contributed by atoms with Gasteiger partial charge in [0.25, 0.3) is 5.91 Å². The number of amides is 2. The Labute approximate surface area is 189 Å². The standard InChI is InChI=1S/C26H21F2N3O2/c1-30-9-8-26(30)19-4-2-3-5-23(19)31(25(26)33)14-18-20(27)11-16(12-21(18)28)15-6-7-22-17(10-15)13-24(32)29-22/h2-7,10-12H,8-9,13-14H2,1H3,(H,29,32). The fraction of sp³-hybridized carbons (Fsp3) is 0.231. The van der Waals surface area contributed by atoms with Gasteiger partial charge in [0.2, 0.25) is 5.91 Å². The molecule has 3 heterocycles. The summed E-state index contributed by atoms with van der Waals surface area (Å²) in [6.45, 7) is 0.624. The third-order valence-corrected chi connectivity index (χ3v) is 7.22. The van der Waals surface area contributed by atoms with Crippen molar-refractivity contribution in [2.45, 2.75) is 24.9 Å². The first-order valence-corrected chi connectivity index (χ1v) is 10.9. The van der Waals surface area contributed by atoms with Crippen molar-refractivity contribution < 1.29 is 18.4 Å². The number of fused-ring (bicyclic) bond motifs is 3. The van der Waals surface area contributed by atoms with E-state index in [1.807, 2.05) is 36.2 Å². The molecule has 3 aromatic carbocycles. The third-order valence-electron chi connectivity index (χ3n) is 7.22. The molecule has 1 spiro atoms. The summed E-state index contributed by atoms with van der Waals surface area (Å²) in [7, 11) is 1.90. The van der Waals surface area contributed by atoms with Gasteiger partial charge in [-0.3, -0.25) is 14.5 Å². The number of para-hydroxylation sites is 1. The van der Waals surface area contributed by atoms with Crippen molar-refractivity contribution in [1.82, 2.24) is 4.90 Å². The van der Waals surface area contributed by atoms with E-state index < -0.39 is 17.2 Å². The Morgan fingerprint density at radius 3 is 2.45 bits per heavy atom. The molecular formula is C26H21F2N3O2. The van der Waals surface area contributed by atoms with Crippen LogP contribution in [0.3, 0.4) is 0 Å². The Morgan fingerprint density at radius 1 is 1.00 bits per heavy atom. The molecule has 0 aliphatic carbocycles. The van der Waals surface area contributed by atoms with Crippen LogP contribution < -0.4 is 10.2 Å². The van der Waals surface area contributed by atoms with Gasteiger partial charge < -0.3 is 10.2 Å². The monoisotopic (exact) mass is 445 g/mol. The highest BCUT2D eigenvalue weighted by Crippen LogP contribution is 2.51. The number of hydrogen-bond donors (Lipinski definition) is 1. The molecule has 2 amide bonds. The summed E-state index contributed by atoms with van der Waals surface area (Å²) in [5.74, 6) is -1.64. The van der Waals surface area contributed by atoms with Crippen LogP contribution in [0, 0.1) is 11.6 Å². The van der Waals surface area contributed by atoms with Crippen LogP contribution in [0.25, 0.3) is 11.1 Å². The smallest absolute Gasteiger partial charge is 0.252 e. The number of likely N-dealkylation sites (tertiary alicyclic amines) is 1. The fourth-order valence-corrected chi connectivity index (χ4v) is 5.32. The van der Waals surface area contributed by atoms with Gasteiger partial charge in [0.05, 0.1) is 13.0 Å². The van der Waals surface area contributed by atoms with Crippen molar-refractivity contribution in [2.75, 3.05) is 23.8 Å². The van der Waals surface area contributed by atoms with Crippen LogP contribution in [0.5, 0.6) is 0 Å². The Balaban J connectivity index is 1.35. The van der Waals surface area contributed by atoms with Gasteiger partial charge in [-0.1, -0.05) is 24.3 Å². The van der Waals surface area contributed by atoms with Crippen LogP contribution in [0.1, 0.15) is 23.1 Å². The summed E-state index contributed by atoms with van der Waals surface area (Å²) in [5, 5.41) is 2.75. The first-order valence-electron chi connectivity index (χ1n) is 10.9. The third kappa shape index (κ3) is 2.78.